The molecule has 1 rings (SSSR count). The molecule has 0 bridgehead atoms. The molecule has 0 N–H and O–H groups in total. The average molecular weight is 238 g/mol. The van der Waals surface area contributed by atoms with E-state index in [4.69, 9.17) is 14.2 Å². The van der Waals surface area contributed by atoms with Crippen molar-refractivity contribution in [1.82, 2.24) is 0 Å². The highest BCUT2D eigenvalue weighted by Gasteiger charge is 2.15. The van der Waals surface area contributed by atoms with Crippen LogP contribution in [0.5, 0.6) is 5.75 Å². The summed E-state index contributed by atoms with van der Waals surface area (Å²) in [6.07, 6.45) is 0.288. The van der Waals surface area contributed by atoms with Crippen LogP contribution < -0.4 is 4.74 Å². The summed E-state index contributed by atoms with van der Waals surface area (Å²) in [5.74, 6) is 0.322. The Balaban J connectivity index is 2.42. The Morgan fingerprint density at radius 2 is 1.71 bits per heavy atom. The molecule has 17 heavy (non-hydrogen) atoms. The average Bonchev–Trinajstić information content (AvgIpc) is 2.30. The van der Waals surface area contributed by atoms with Crippen molar-refractivity contribution in [3.63, 3.8) is 0 Å². The molecule has 0 saturated heterocycles. The normalized spacial score (nSPS) is 10.5. The van der Waals surface area contributed by atoms with E-state index in [1.807, 2.05) is 18.2 Å². The first kappa shape index (κ1) is 13.7. The van der Waals surface area contributed by atoms with Crippen molar-refractivity contribution in [3.05, 3.63) is 30.3 Å². The third-order valence-corrected chi connectivity index (χ3v) is 2.23. The Hall–Kier alpha value is -1.39. The maximum atomic E-state index is 11.6. The van der Waals surface area contributed by atoms with Crippen molar-refractivity contribution in [2.24, 2.45) is 5.92 Å². The van der Waals surface area contributed by atoms with Gasteiger partial charge in [-0.15, -0.1) is 0 Å². The number of carbonyl (C=O) groups excluding carboxylic acids is 1. The lowest BCUT2D eigenvalue weighted by Crippen LogP contribution is -2.21. The molecule has 0 aliphatic heterocycles. The van der Waals surface area contributed by atoms with Crippen molar-refractivity contribution < 1.29 is 19.0 Å². The van der Waals surface area contributed by atoms with Crippen LogP contribution in [0, 0.1) is 5.92 Å². The zero-order valence-electron chi connectivity index (χ0n) is 10.2. The summed E-state index contributed by atoms with van der Waals surface area (Å²) in [5, 5.41) is 0. The number of rotatable bonds is 7. The van der Waals surface area contributed by atoms with Crippen LogP contribution in [-0.4, -0.2) is 33.4 Å². The fourth-order valence-corrected chi connectivity index (χ4v) is 1.53. The van der Waals surface area contributed by atoms with E-state index in [2.05, 4.69) is 0 Å². The summed E-state index contributed by atoms with van der Waals surface area (Å²) in [7, 11) is 3.20. The first-order chi connectivity index (χ1) is 8.26. The van der Waals surface area contributed by atoms with E-state index >= 15 is 0 Å². The topological polar surface area (TPSA) is 44.8 Å². The highest BCUT2D eigenvalue weighted by atomic mass is 16.5. The van der Waals surface area contributed by atoms with Crippen LogP contribution in [0.15, 0.2) is 30.3 Å². The molecule has 0 heterocycles. The predicted octanol–water partition coefficient (Wildman–Crippen LogP) is 1.89. The van der Waals surface area contributed by atoms with Gasteiger partial charge < -0.3 is 14.2 Å². The Bertz CT molecular complexity index is 317. The molecule has 4 heteroatoms. The van der Waals surface area contributed by atoms with Gasteiger partial charge in [0.05, 0.1) is 19.6 Å². The summed E-state index contributed by atoms with van der Waals surface area (Å²) < 4.78 is 15.2. The SMILES string of the molecule is COCC(COC)CC(=O)Oc1ccccc1. The number of benzene rings is 1. The summed E-state index contributed by atoms with van der Waals surface area (Å²) in [6.45, 7) is 0.968. The molecule has 1 aromatic carbocycles. The molecule has 0 spiro atoms. The standard InChI is InChI=1S/C13H18O4/c1-15-9-11(10-16-2)8-13(14)17-12-6-4-3-5-7-12/h3-7,11H,8-10H2,1-2H3. The van der Waals surface area contributed by atoms with Crippen LogP contribution in [0.4, 0.5) is 0 Å². The second kappa shape index (κ2) is 7.81. The van der Waals surface area contributed by atoms with Gasteiger partial charge in [0.1, 0.15) is 5.75 Å². The Labute approximate surface area is 101 Å². The van der Waals surface area contributed by atoms with Crippen molar-refractivity contribution >= 4 is 5.97 Å². The molecule has 0 atom stereocenters. The first-order valence-electron chi connectivity index (χ1n) is 5.50. The third kappa shape index (κ3) is 5.47. The first-order valence-corrected chi connectivity index (χ1v) is 5.50. The number of para-hydroxylation sites is 1. The second-order valence-corrected chi connectivity index (χ2v) is 3.77. The molecule has 0 amide bonds. The van der Waals surface area contributed by atoms with E-state index in [-0.39, 0.29) is 18.3 Å². The molecule has 0 aliphatic rings. The van der Waals surface area contributed by atoms with Crippen LogP contribution in [0.1, 0.15) is 6.42 Å². The zero-order valence-corrected chi connectivity index (χ0v) is 10.2. The molecule has 4 nitrogen and oxygen atoms in total. The smallest absolute Gasteiger partial charge is 0.311 e. The maximum Gasteiger partial charge on any atom is 0.311 e. The highest BCUT2D eigenvalue weighted by Crippen LogP contribution is 2.12. The number of ether oxygens (including phenoxy) is 3. The molecule has 0 aromatic heterocycles. The van der Waals surface area contributed by atoms with E-state index in [1.54, 1.807) is 26.4 Å². The van der Waals surface area contributed by atoms with Gasteiger partial charge in [0.25, 0.3) is 0 Å². The molecule has 0 fully saturated rings. The number of methoxy groups -OCH3 is 2. The highest BCUT2D eigenvalue weighted by molar-refractivity contribution is 5.72. The van der Waals surface area contributed by atoms with Gasteiger partial charge in [0.2, 0.25) is 0 Å². The van der Waals surface area contributed by atoms with Gasteiger partial charge in [-0.05, 0) is 12.1 Å². The monoisotopic (exact) mass is 238 g/mol. The Morgan fingerprint density at radius 3 is 2.24 bits per heavy atom. The molecular weight excluding hydrogens is 220 g/mol. The van der Waals surface area contributed by atoms with Crippen molar-refractivity contribution in [3.8, 4) is 5.75 Å². The van der Waals surface area contributed by atoms with Crippen molar-refractivity contribution in [2.45, 2.75) is 6.42 Å². The number of esters is 1. The molecule has 0 saturated carbocycles. The largest absolute Gasteiger partial charge is 0.427 e. The van der Waals surface area contributed by atoms with E-state index in [0.29, 0.717) is 19.0 Å². The summed E-state index contributed by atoms with van der Waals surface area (Å²) in [5.41, 5.74) is 0. The van der Waals surface area contributed by atoms with E-state index < -0.39 is 0 Å². The number of hydrogen-bond acceptors (Lipinski definition) is 4. The Morgan fingerprint density at radius 1 is 1.12 bits per heavy atom. The quantitative estimate of drug-likeness (QED) is 0.537. The van der Waals surface area contributed by atoms with Gasteiger partial charge in [0.15, 0.2) is 0 Å². The third-order valence-electron chi connectivity index (χ3n) is 2.23. The van der Waals surface area contributed by atoms with E-state index in [0.717, 1.165) is 0 Å². The van der Waals surface area contributed by atoms with Gasteiger partial charge in [-0.2, -0.15) is 0 Å². The minimum absolute atomic E-state index is 0.0289. The van der Waals surface area contributed by atoms with Crippen molar-refractivity contribution in [2.75, 3.05) is 27.4 Å². The predicted molar refractivity (Wildman–Crippen MR) is 63.9 cm³/mol. The lowest BCUT2D eigenvalue weighted by atomic mass is 10.1. The molecule has 0 aliphatic carbocycles. The van der Waals surface area contributed by atoms with Crippen LogP contribution in [0.2, 0.25) is 0 Å². The van der Waals surface area contributed by atoms with Gasteiger partial charge in [-0.25, -0.2) is 0 Å². The van der Waals surface area contributed by atoms with Crippen LogP contribution in [0.3, 0.4) is 0 Å². The van der Waals surface area contributed by atoms with Gasteiger partial charge in [-0.3, -0.25) is 4.79 Å². The molecule has 0 unspecified atom stereocenters. The lowest BCUT2D eigenvalue weighted by Gasteiger charge is -2.13. The van der Waals surface area contributed by atoms with E-state index in [9.17, 15) is 4.79 Å². The molecular formula is C13H18O4. The van der Waals surface area contributed by atoms with Crippen LogP contribution in [0.25, 0.3) is 0 Å². The van der Waals surface area contributed by atoms with E-state index in [1.165, 1.54) is 0 Å². The minimum atomic E-state index is -0.268. The summed E-state index contributed by atoms with van der Waals surface area (Å²) >= 11 is 0. The molecule has 94 valence electrons. The maximum absolute atomic E-state index is 11.6. The summed E-state index contributed by atoms with van der Waals surface area (Å²) in [6, 6.07) is 9.02. The minimum Gasteiger partial charge on any atom is -0.427 e. The van der Waals surface area contributed by atoms with Gasteiger partial charge in [0, 0.05) is 20.1 Å². The second-order valence-electron chi connectivity index (χ2n) is 3.77. The summed E-state index contributed by atoms with van der Waals surface area (Å²) in [4.78, 5) is 11.6. The van der Waals surface area contributed by atoms with Gasteiger partial charge in [-0.1, -0.05) is 18.2 Å². The fraction of sp³-hybridized carbons (Fsp3) is 0.462. The van der Waals surface area contributed by atoms with Crippen LogP contribution >= 0.6 is 0 Å². The lowest BCUT2D eigenvalue weighted by molar-refractivity contribution is -0.136. The van der Waals surface area contributed by atoms with Crippen molar-refractivity contribution in [1.29, 1.82) is 0 Å². The Kier molecular flexibility index (Phi) is 6.29. The van der Waals surface area contributed by atoms with Gasteiger partial charge >= 0.3 is 5.97 Å². The molecule has 1 aromatic rings. The number of hydrogen-bond donors (Lipinski definition) is 0. The van der Waals surface area contributed by atoms with Crippen LogP contribution in [-0.2, 0) is 14.3 Å². The number of carbonyl (C=O) groups is 1. The zero-order chi connectivity index (χ0) is 12.5. The molecule has 0 radical (unpaired) electrons. The fourth-order valence-electron chi connectivity index (χ4n) is 1.53.